The minimum Gasteiger partial charge on any atom is -0.308 e. The Bertz CT molecular complexity index is 346. The lowest BCUT2D eigenvalue weighted by molar-refractivity contribution is 0.652. The molecule has 0 atom stereocenters. The van der Waals surface area contributed by atoms with Gasteiger partial charge in [-0.1, -0.05) is 12.7 Å². The molecule has 0 fully saturated rings. The van der Waals surface area contributed by atoms with E-state index in [2.05, 4.69) is 16.6 Å². The molecule has 0 spiro atoms. The molecule has 0 saturated carbocycles. The normalized spacial score (nSPS) is 22.3. The lowest BCUT2D eigenvalue weighted by atomic mass is 10.1. The summed E-state index contributed by atoms with van der Waals surface area (Å²) in [6.45, 7) is 9.65. The van der Waals surface area contributed by atoms with E-state index in [4.69, 9.17) is 0 Å². The van der Waals surface area contributed by atoms with Gasteiger partial charge >= 0.3 is 0 Å². The Morgan fingerprint density at radius 3 is 2.87 bits per heavy atom. The fourth-order valence-corrected chi connectivity index (χ4v) is 1.15. The summed E-state index contributed by atoms with van der Waals surface area (Å²) < 4.78 is 0. The Hall–Kier alpha value is -1.64. The average Bonchev–Trinajstić information content (AvgIpc) is 2.31. The number of nitrogens with zero attached hydrogens (tertiary/aromatic N) is 3. The van der Waals surface area contributed by atoms with Crippen LogP contribution in [0, 0.1) is 0 Å². The molecular formula is C12H17N3. The van der Waals surface area contributed by atoms with Crippen molar-refractivity contribution >= 4 is 12.1 Å². The van der Waals surface area contributed by atoms with Gasteiger partial charge in [-0.05, 0) is 26.8 Å². The van der Waals surface area contributed by atoms with Gasteiger partial charge in [-0.2, -0.15) is 0 Å². The molecule has 15 heavy (non-hydrogen) atoms. The molecule has 0 aromatic carbocycles. The van der Waals surface area contributed by atoms with Crippen molar-refractivity contribution in [2.24, 2.45) is 9.98 Å². The second-order valence-electron chi connectivity index (χ2n) is 3.79. The van der Waals surface area contributed by atoms with Crippen LogP contribution in [0.25, 0.3) is 0 Å². The van der Waals surface area contributed by atoms with Crippen LogP contribution in [0.1, 0.15) is 20.8 Å². The summed E-state index contributed by atoms with van der Waals surface area (Å²) in [5.41, 5.74) is -0.182. The van der Waals surface area contributed by atoms with Crippen LogP contribution in [0.3, 0.4) is 0 Å². The predicted octanol–water partition coefficient (Wildman–Crippen LogP) is 2.74. The maximum Gasteiger partial charge on any atom is 0.154 e. The number of hydrogen-bond donors (Lipinski definition) is 0. The molecule has 80 valence electrons. The lowest BCUT2D eigenvalue weighted by Gasteiger charge is -2.13. The van der Waals surface area contributed by atoms with Gasteiger partial charge in [0.1, 0.15) is 0 Å². The highest BCUT2D eigenvalue weighted by Gasteiger charge is 2.15. The van der Waals surface area contributed by atoms with Crippen molar-refractivity contribution in [1.29, 1.82) is 0 Å². The van der Waals surface area contributed by atoms with Crippen LogP contribution in [0.4, 0.5) is 0 Å². The molecule has 0 radical (unpaired) electrons. The van der Waals surface area contributed by atoms with Crippen LogP contribution in [0.5, 0.6) is 0 Å². The van der Waals surface area contributed by atoms with E-state index in [1.165, 1.54) is 6.20 Å². The SMILES string of the molecule is C=CN=C1C=NC(C)(C)C=CN1/C=C/C. The number of amidine groups is 1. The Morgan fingerprint density at radius 1 is 1.53 bits per heavy atom. The van der Waals surface area contributed by atoms with Gasteiger partial charge in [0.15, 0.2) is 5.84 Å². The Kier molecular flexibility index (Phi) is 3.61. The van der Waals surface area contributed by atoms with E-state index in [-0.39, 0.29) is 5.54 Å². The molecule has 0 aromatic rings. The summed E-state index contributed by atoms with van der Waals surface area (Å²) in [5.74, 6) is 0.768. The van der Waals surface area contributed by atoms with Crippen molar-refractivity contribution in [1.82, 2.24) is 4.90 Å². The van der Waals surface area contributed by atoms with Crippen LogP contribution in [0.15, 0.2) is 47.3 Å². The van der Waals surface area contributed by atoms with Crippen molar-refractivity contribution in [3.8, 4) is 0 Å². The smallest absolute Gasteiger partial charge is 0.154 e. The Balaban J connectivity index is 3.09. The number of allylic oxidation sites excluding steroid dienone is 1. The lowest BCUT2D eigenvalue weighted by Crippen LogP contribution is -2.20. The Labute approximate surface area is 91.2 Å². The molecule has 1 aliphatic heterocycles. The molecule has 3 nitrogen and oxygen atoms in total. The van der Waals surface area contributed by atoms with Gasteiger partial charge in [-0.25, -0.2) is 4.99 Å². The van der Waals surface area contributed by atoms with E-state index >= 15 is 0 Å². The molecule has 1 aliphatic rings. The van der Waals surface area contributed by atoms with E-state index < -0.39 is 0 Å². The summed E-state index contributed by atoms with van der Waals surface area (Å²) in [6, 6.07) is 0. The molecule has 0 saturated heterocycles. The monoisotopic (exact) mass is 203 g/mol. The molecule has 0 unspecified atom stereocenters. The van der Waals surface area contributed by atoms with Crippen molar-refractivity contribution in [2.45, 2.75) is 26.3 Å². The first-order chi connectivity index (χ1) is 7.09. The highest BCUT2D eigenvalue weighted by molar-refractivity contribution is 6.30. The van der Waals surface area contributed by atoms with E-state index in [9.17, 15) is 0 Å². The van der Waals surface area contributed by atoms with Crippen LogP contribution in [-0.2, 0) is 0 Å². The van der Waals surface area contributed by atoms with E-state index in [1.807, 2.05) is 50.2 Å². The molecular weight excluding hydrogens is 186 g/mol. The summed E-state index contributed by atoms with van der Waals surface area (Å²) in [4.78, 5) is 10.5. The zero-order valence-electron chi connectivity index (χ0n) is 9.51. The number of hydrogen-bond acceptors (Lipinski definition) is 2. The molecule has 0 amide bonds. The van der Waals surface area contributed by atoms with Crippen LogP contribution < -0.4 is 0 Å². The first kappa shape index (κ1) is 11.4. The van der Waals surface area contributed by atoms with Gasteiger partial charge in [0.05, 0.1) is 11.8 Å². The average molecular weight is 203 g/mol. The van der Waals surface area contributed by atoms with Gasteiger partial charge < -0.3 is 4.90 Å². The third kappa shape index (κ3) is 3.20. The fourth-order valence-electron chi connectivity index (χ4n) is 1.15. The van der Waals surface area contributed by atoms with Crippen molar-refractivity contribution in [3.63, 3.8) is 0 Å². The minimum absolute atomic E-state index is 0.182. The molecule has 0 aliphatic carbocycles. The van der Waals surface area contributed by atoms with Gasteiger partial charge in [0.25, 0.3) is 0 Å². The largest absolute Gasteiger partial charge is 0.308 e. The predicted molar refractivity (Wildman–Crippen MR) is 66.0 cm³/mol. The first-order valence-corrected chi connectivity index (χ1v) is 4.93. The van der Waals surface area contributed by atoms with Crippen molar-refractivity contribution in [2.75, 3.05) is 0 Å². The van der Waals surface area contributed by atoms with Gasteiger partial charge in [0, 0.05) is 18.6 Å². The van der Waals surface area contributed by atoms with E-state index in [0.717, 1.165) is 5.84 Å². The number of rotatable bonds is 2. The summed E-state index contributed by atoms with van der Waals surface area (Å²) in [7, 11) is 0. The summed E-state index contributed by atoms with van der Waals surface area (Å²) >= 11 is 0. The second kappa shape index (κ2) is 4.73. The quantitative estimate of drug-likeness (QED) is 0.678. The standard InChI is InChI=1S/C12H17N3/c1-5-8-15-9-7-12(3,4)14-10-11(15)13-6-2/h5-10H,2H2,1,3-4H3/b8-5+,13-11?. The van der Waals surface area contributed by atoms with Crippen LogP contribution >= 0.6 is 0 Å². The highest BCUT2D eigenvalue weighted by Crippen LogP contribution is 2.14. The van der Waals surface area contributed by atoms with Crippen LogP contribution in [0.2, 0.25) is 0 Å². The molecule has 1 rings (SSSR count). The van der Waals surface area contributed by atoms with E-state index in [1.54, 1.807) is 6.21 Å². The molecule has 1 heterocycles. The van der Waals surface area contributed by atoms with Gasteiger partial charge in [-0.15, -0.1) is 0 Å². The third-order valence-electron chi connectivity index (χ3n) is 1.95. The number of aliphatic imine (C=N–C) groups is 2. The highest BCUT2D eigenvalue weighted by atomic mass is 15.2. The van der Waals surface area contributed by atoms with Crippen LogP contribution in [-0.4, -0.2) is 22.5 Å². The maximum atomic E-state index is 4.42. The van der Waals surface area contributed by atoms with Gasteiger partial charge in [-0.3, -0.25) is 4.99 Å². The zero-order valence-corrected chi connectivity index (χ0v) is 9.51. The van der Waals surface area contributed by atoms with E-state index in [0.29, 0.717) is 0 Å². The summed E-state index contributed by atoms with van der Waals surface area (Å²) in [6.07, 6.45) is 11.2. The third-order valence-corrected chi connectivity index (χ3v) is 1.95. The molecule has 3 heteroatoms. The van der Waals surface area contributed by atoms with Crippen molar-refractivity contribution in [3.05, 3.63) is 37.3 Å². The second-order valence-corrected chi connectivity index (χ2v) is 3.79. The molecule has 0 N–H and O–H groups in total. The maximum absolute atomic E-state index is 4.42. The fraction of sp³-hybridized carbons (Fsp3) is 0.333. The summed E-state index contributed by atoms with van der Waals surface area (Å²) in [5, 5.41) is 0. The first-order valence-electron chi connectivity index (χ1n) is 4.93. The minimum atomic E-state index is -0.182. The zero-order chi connectivity index (χ0) is 11.3. The topological polar surface area (TPSA) is 28.0 Å². The van der Waals surface area contributed by atoms with Crippen molar-refractivity contribution < 1.29 is 0 Å². The molecule has 0 aromatic heterocycles. The Morgan fingerprint density at radius 2 is 2.27 bits per heavy atom. The van der Waals surface area contributed by atoms with Gasteiger partial charge in [0.2, 0.25) is 0 Å². The molecule has 0 bridgehead atoms.